The molecule has 5 nitrogen and oxygen atoms in total. The molecular weight excluding hydrogens is 274 g/mol. The quantitative estimate of drug-likeness (QED) is 0.833. The summed E-state index contributed by atoms with van der Waals surface area (Å²) >= 11 is 3.29. The topological polar surface area (TPSA) is 67.2 Å². The van der Waals surface area contributed by atoms with Crippen molar-refractivity contribution in [3.05, 3.63) is 16.9 Å². The van der Waals surface area contributed by atoms with Crippen molar-refractivity contribution in [2.24, 2.45) is 0 Å². The molecule has 90 valence electrons. The number of carboxylic acid groups (broad SMARTS) is 1. The highest BCUT2D eigenvalue weighted by molar-refractivity contribution is 9.10. The molecule has 1 atom stereocenters. The van der Waals surface area contributed by atoms with Gasteiger partial charge in [0, 0.05) is 18.8 Å². The summed E-state index contributed by atoms with van der Waals surface area (Å²) in [7, 11) is 0. The molecule has 1 aromatic rings. The third-order valence-corrected chi connectivity index (χ3v) is 2.49. The number of carbonyl (C=O) groups is 1. The zero-order valence-corrected chi connectivity index (χ0v) is 10.9. The van der Waals surface area contributed by atoms with E-state index in [0.29, 0.717) is 13.0 Å². The lowest BCUT2D eigenvalue weighted by Gasteiger charge is -2.16. The van der Waals surface area contributed by atoms with Crippen LogP contribution in [0.4, 0.5) is 0 Å². The third-order valence-electron chi connectivity index (χ3n) is 2.08. The highest BCUT2D eigenvalue weighted by Gasteiger charge is 2.17. The van der Waals surface area contributed by atoms with Crippen molar-refractivity contribution in [2.45, 2.75) is 38.9 Å². The number of carboxylic acids is 1. The summed E-state index contributed by atoms with van der Waals surface area (Å²) in [4.78, 5) is 11.0. The predicted molar refractivity (Wildman–Crippen MR) is 64.2 cm³/mol. The van der Waals surface area contributed by atoms with E-state index in [9.17, 15) is 4.79 Å². The van der Waals surface area contributed by atoms with Crippen molar-refractivity contribution in [1.29, 1.82) is 0 Å². The van der Waals surface area contributed by atoms with E-state index < -0.39 is 12.0 Å². The van der Waals surface area contributed by atoms with Crippen LogP contribution in [0.5, 0.6) is 0 Å². The van der Waals surface area contributed by atoms with Crippen LogP contribution in [0.1, 0.15) is 20.3 Å². The van der Waals surface area contributed by atoms with Gasteiger partial charge in [-0.3, -0.25) is 9.48 Å². The second-order valence-corrected chi connectivity index (χ2v) is 4.84. The zero-order valence-electron chi connectivity index (χ0n) is 9.35. The summed E-state index contributed by atoms with van der Waals surface area (Å²) in [6.07, 6.45) is 4.03. The van der Waals surface area contributed by atoms with Gasteiger partial charge in [-0.1, -0.05) is 13.8 Å². The first kappa shape index (κ1) is 13.2. The Morgan fingerprint density at radius 1 is 1.69 bits per heavy atom. The van der Waals surface area contributed by atoms with Gasteiger partial charge in [0.1, 0.15) is 6.04 Å². The predicted octanol–water partition coefficient (Wildman–Crippen LogP) is 1.49. The van der Waals surface area contributed by atoms with Crippen LogP contribution in [-0.4, -0.2) is 32.9 Å². The molecule has 1 unspecified atom stereocenters. The molecule has 0 aliphatic carbocycles. The Bertz CT molecular complexity index is 352. The van der Waals surface area contributed by atoms with E-state index >= 15 is 0 Å². The molecule has 0 saturated heterocycles. The van der Waals surface area contributed by atoms with Crippen LogP contribution in [0.2, 0.25) is 0 Å². The van der Waals surface area contributed by atoms with Crippen molar-refractivity contribution in [3.8, 4) is 0 Å². The number of nitrogens with one attached hydrogen (secondary N) is 1. The molecule has 0 radical (unpaired) electrons. The summed E-state index contributed by atoms with van der Waals surface area (Å²) in [5, 5.41) is 16.1. The Balaban J connectivity index is 2.46. The molecule has 0 fully saturated rings. The van der Waals surface area contributed by atoms with Crippen LogP contribution in [0.3, 0.4) is 0 Å². The highest BCUT2D eigenvalue weighted by Crippen LogP contribution is 2.07. The van der Waals surface area contributed by atoms with Crippen molar-refractivity contribution < 1.29 is 9.90 Å². The van der Waals surface area contributed by atoms with E-state index in [1.54, 1.807) is 10.9 Å². The average molecular weight is 290 g/mol. The Kier molecular flexibility index (Phi) is 4.95. The minimum Gasteiger partial charge on any atom is -0.480 e. The Morgan fingerprint density at radius 3 is 2.81 bits per heavy atom. The Labute approximate surface area is 103 Å². The van der Waals surface area contributed by atoms with E-state index in [2.05, 4.69) is 26.3 Å². The summed E-state index contributed by atoms with van der Waals surface area (Å²) in [6, 6.07) is -0.367. The monoisotopic (exact) mass is 289 g/mol. The minimum atomic E-state index is -0.820. The molecule has 0 saturated carbocycles. The SMILES string of the molecule is CC(C)NC(CCn1cc(Br)cn1)C(=O)O. The van der Waals surface area contributed by atoms with Gasteiger partial charge in [-0.05, 0) is 22.4 Å². The maximum Gasteiger partial charge on any atom is 0.320 e. The fraction of sp³-hybridized carbons (Fsp3) is 0.600. The molecule has 0 amide bonds. The molecule has 0 aliphatic rings. The van der Waals surface area contributed by atoms with E-state index in [4.69, 9.17) is 5.11 Å². The molecule has 16 heavy (non-hydrogen) atoms. The summed E-state index contributed by atoms with van der Waals surface area (Å²) in [5.74, 6) is -0.820. The van der Waals surface area contributed by atoms with Gasteiger partial charge >= 0.3 is 5.97 Å². The van der Waals surface area contributed by atoms with Gasteiger partial charge in [-0.15, -0.1) is 0 Å². The number of nitrogens with zero attached hydrogens (tertiary/aromatic N) is 2. The molecule has 0 aromatic carbocycles. The fourth-order valence-corrected chi connectivity index (χ4v) is 1.73. The van der Waals surface area contributed by atoms with E-state index in [1.165, 1.54) is 0 Å². The number of aromatic nitrogens is 2. The van der Waals surface area contributed by atoms with Crippen molar-refractivity contribution >= 4 is 21.9 Å². The number of rotatable bonds is 6. The van der Waals surface area contributed by atoms with Gasteiger partial charge in [-0.25, -0.2) is 0 Å². The van der Waals surface area contributed by atoms with Gasteiger partial charge in [0.25, 0.3) is 0 Å². The standard InChI is InChI=1S/C10H16BrN3O2/c1-7(2)13-9(10(15)16)3-4-14-6-8(11)5-12-14/h5-7,9,13H,3-4H2,1-2H3,(H,15,16). The first-order chi connectivity index (χ1) is 7.49. The van der Waals surface area contributed by atoms with Gasteiger partial charge in [0.2, 0.25) is 0 Å². The van der Waals surface area contributed by atoms with Crippen LogP contribution in [-0.2, 0) is 11.3 Å². The van der Waals surface area contributed by atoms with Crippen LogP contribution in [0.15, 0.2) is 16.9 Å². The molecule has 0 bridgehead atoms. The van der Waals surface area contributed by atoms with Crippen molar-refractivity contribution in [2.75, 3.05) is 0 Å². The fourth-order valence-electron chi connectivity index (χ4n) is 1.40. The maximum absolute atomic E-state index is 11.0. The number of hydrogen-bond acceptors (Lipinski definition) is 3. The molecule has 1 rings (SSSR count). The zero-order chi connectivity index (χ0) is 12.1. The van der Waals surface area contributed by atoms with Gasteiger partial charge in [0.15, 0.2) is 0 Å². The smallest absolute Gasteiger partial charge is 0.320 e. The second-order valence-electron chi connectivity index (χ2n) is 3.92. The molecule has 0 aliphatic heterocycles. The lowest BCUT2D eigenvalue weighted by molar-refractivity contribution is -0.139. The summed E-state index contributed by atoms with van der Waals surface area (Å²) < 4.78 is 2.62. The van der Waals surface area contributed by atoms with Crippen LogP contribution in [0, 0.1) is 0 Å². The number of aryl methyl sites for hydroxylation is 1. The largest absolute Gasteiger partial charge is 0.480 e. The molecule has 1 heterocycles. The Morgan fingerprint density at radius 2 is 2.38 bits per heavy atom. The summed E-state index contributed by atoms with van der Waals surface area (Å²) in [6.45, 7) is 4.45. The lowest BCUT2D eigenvalue weighted by Crippen LogP contribution is -2.41. The lowest BCUT2D eigenvalue weighted by atomic mass is 10.2. The van der Waals surface area contributed by atoms with Gasteiger partial charge in [0.05, 0.1) is 10.7 Å². The maximum atomic E-state index is 11.0. The van der Waals surface area contributed by atoms with Crippen molar-refractivity contribution in [3.63, 3.8) is 0 Å². The highest BCUT2D eigenvalue weighted by atomic mass is 79.9. The van der Waals surface area contributed by atoms with E-state index in [1.807, 2.05) is 20.0 Å². The number of halogens is 1. The molecule has 0 spiro atoms. The molecule has 2 N–H and O–H groups in total. The van der Waals surface area contributed by atoms with E-state index in [0.717, 1.165) is 4.47 Å². The van der Waals surface area contributed by atoms with Gasteiger partial charge < -0.3 is 10.4 Å². The van der Waals surface area contributed by atoms with Crippen molar-refractivity contribution in [1.82, 2.24) is 15.1 Å². The number of aliphatic carboxylic acids is 1. The third kappa shape index (κ3) is 4.32. The first-order valence-corrected chi connectivity index (χ1v) is 5.95. The van der Waals surface area contributed by atoms with Gasteiger partial charge in [-0.2, -0.15) is 5.10 Å². The second kappa shape index (κ2) is 6.00. The van der Waals surface area contributed by atoms with Crippen LogP contribution >= 0.6 is 15.9 Å². The molecular formula is C10H16BrN3O2. The summed E-state index contributed by atoms with van der Waals surface area (Å²) in [5.41, 5.74) is 0. The Hall–Kier alpha value is -0.880. The first-order valence-electron chi connectivity index (χ1n) is 5.16. The van der Waals surface area contributed by atoms with Crippen LogP contribution in [0.25, 0.3) is 0 Å². The normalized spacial score (nSPS) is 13.0. The minimum absolute atomic E-state index is 0.158. The molecule has 6 heteroatoms. The average Bonchev–Trinajstić information content (AvgIpc) is 2.58. The molecule has 1 aromatic heterocycles. The van der Waals surface area contributed by atoms with E-state index in [-0.39, 0.29) is 6.04 Å². The van der Waals surface area contributed by atoms with Crippen LogP contribution < -0.4 is 5.32 Å². The number of hydrogen-bond donors (Lipinski definition) is 2.